The van der Waals surface area contributed by atoms with Crippen LogP contribution in [0.25, 0.3) is 0 Å². The lowest BCUT2D eigenvalue weighted by atomic mass is 10.1. The Morgan fingerprint density at radius 3 is 2.67 bits per heavy atom. The van der Waals surface area contributed by atoms with E-state index >= 15 is 0 Å². The number of nitrogens with one attached hydrogen (secondary N) is 1. The third kappa shape index (κ3) is 3.69. The van der Waals surface area contributed by atoms with Crippen molar-refractivity contribution in [1.82, 2.24) is 14.5 Å². The monoisotopic (exact) mass is 308 g/mol. The van der Waals surface area contributed by atoms with Gasteiger partial charge >= 0.3 is 0 Å². The SMILES string of the molecule is CCc1ccc(S(=O)(=O)NCc2cnn(C)c2)cc1CN. The van der Waals surface area contributed by atoms with Crippen LogP contribution in [0.3, 0.4) is 0 Å². The van der Waals surface area contributed by atoms with E-state index in [9.17, 15) is 8.42 Å². The molecule has 0 saturated carbocycles. The summed E-state index contributed by atoms with van der Waals surface area (Å²) < 4.78 is 28.8. The van der Waals surface area contributed by atoms with Crippen LogP contribution in [0.5, 0.6) is 0 Å². The van der Waals surface area contributed by atoms with Crippen LogP contribution in [0.1, 0.15) is 23.6 Å². The second-order valence-electron chi connectivity index (χ2n) is 4.83. The van der Waals surface area contributed by atoms with Gasteiger partial charge in [0.15, 0.2) is 0 Å². The Hall–Kier alpha value is -1.70. The number of sulfonamides is 1. The van der Waals surface area contributed by atoms with E-state index in [0.29, 0.717) is 6.54 Å². The van der Waals surface area contributed by atoms with Gasteiger partial charge in [0.05, 0.1) is 11.1 Å². The fourth-order valence-electron chi connectivity index (χ4n) is 2.13. The molecule has 0 unspecified atom stereocenters. The maximum Gasteiger partial charge on any atom is 0.240 e. The first-order valence-electron chi connectivity index (χ1n) is 6.75. The largest absolute Gasteiger partial charge is 0.326 e. The van der Waals surface area contributed by atoms with Crippen LogP contribution in [0.2, 0.25) is 0 Å². The van der Waals surface area contributed by atoms with Gasteiger partial charge in [0.2, 0.25) is 10.0 Å². The second kappa shape index (κ2) is 6.38. The van der Waals surface area contributed by atoms with Gasteiger partial charge in [0, 0.05) is 31.9 Å². The van der Waals surface area contributed by atoms with Crippen LogP contribution in [0, 0.1) is 0 Å². The summed E-state index contributed by atoms with van der Waals surface area (Å²) >= 11 is 0. The van der Waals surface area contributed by atoms with Gasteiger partial charge < -0.3 is 5.73 Å². The summed E-state index contributed by atoms with van der Waals surface area (Å²) in [6.07, 6.45) is 4.23. The van der Waals surface area contributed by atoms with Crippen molar-refractivity contribution in [2.75, 3.05) is 0 Å². The summed E-state index contributed by atoms with van der Waals surface area (Å²) in [6, 6.07) is 5.08. The van der Waals surface area contributed by atoms with Crippen molar-refractivity contribution in [3.8, 4) is 0 Å². The van der Waals surface area contributed by atoms with Crippen molar-refractivity contribution in [2.45, 2.75) is 31.3 Å². The van der Waals surface area contributed by atoms with E-state index in [1.54, 1.807) is 36.3 Å². The summed E-state index contributed by atoms with van der Waals surface area (Å²) in [6.45, 7) is 2.56. The van der Waals surface area contributed by atoms with Crippen LogP contribution < -0.4 is 10.5 Å². The van der Waals surface area contributed by atoms with Gasteiger partial charge in [-0.15, -0.1) is 0 Å². The van der Waals surface area contributed by atoms with Crippen LogP contribution in [0.4, 0.5) is 0 Å². The zero-order valence-electron chi connectivity index (χ0n) is 12.2. The Morgan fingerprint density at radius 1 is 1.33 bits per heavy atom. The highest BCUT2D eigenvalue weighted by molar-refractivity contribution is 7.89. The first-order valence-corrected chi connectivity index (χ1v) is 8.23. The molecule has 0 radical (unpaired) electrons. The average molecular weight is 308 g/mol. The molecule has 0 spiro atoms. The molecule has 7 heteroatoms. The summed E-state index contributed by atoms with van der Waals surface area (Å²) in [5.41, 5.74) is 8.43. The minimum absolute atomic E-state index is 0.212. The third-order valence-corrected chi connectivity index (χ3v) is 4.71. The standard InChI is InChI=1S/C14H20N4O2S/c1-3-12-4-5-14(6-13(12)7-15)21(19,20)17-9-11-8-16-18(2)10-11/h4-6,8,10,17H,3,7,9,15H2,1-2H3. The van der Waals surface area contributed by atoms with Crippen LogP contribution in [-0.2, 0) is 36.6 Å². The number of aryl methyl sites for hydroxylation is 2. The van der Waals surface area contributed by atoms with Crippen molar-refractivity contribution in [1.29, 1.82) is 0 Å². The lowest BCUT2D eigenvalue weighted by Crippen LogP contribution is -2.23. The minimum atomic E-state index is -3.55. The number of rotatable bonds is 6. The number of nitrogens with two attached hydrogens (primary N) is 1. The fraction of sp³-hybridized carbons (Fsp3) is 0.357. The predicted octanol–water partition coefficient (Wildman–Crippen LogP) is 0.920. The first kappa shape index (κ1) is 15.7. The maximum absolute atomic E-state index is 12.3. The van der Waals surface area contributed by atoms with Crippen molar-refractivity contribution in [3.05, 3.63) is 47.3 Å². The van der Waals surface area contributed by atoms with Gasteiger partial charge in [0.25, 0.3) is 0 Å². The Balaban J connectivity index is 2.19. The molecule has 114 valence electrons. The number of aromatic nitrogens is 2. The van der Waals surface area contributed by atoms with E-state index < -0.39 is 10.0 Å². The molecule has 0 atom stereocenters. The van der Waals surface area contributed by atoms with Crippen molar-refractivity contribution >= 4 is 10.0 Å². The summed E-state index contributed by atoms with van der Waals surface area (Å²) in [7, 11) is -1.76. The van der Waals surface area contributed by atoms with Gasteiger partial charge in [0.1, 0.15) is 0 Å². The van der Waals surface area contributed by atoms with E-state index in [0.717, 1.165) is 23.1 Å². The van der Waals surface area contributed by atoms with Gasteiger partial charge in [-0.1, -0.05) is 13.0 Å². The minimum Gasteiger partial charge on any atom is -0.326 e. The lowest BCUT2D eigenvalue weighted by molar-refractivity contribution is 0.581. The predicted molar refractivity (Wildman–Crippen MR) is 80.9 cm³/mol. The molecule has 2 rings (SSSR count). The Labute approximate surface area is 125 Å². The molecular formula is C14H20N4O2S. The lowest BCUT2D eigenvalue weighted by Gasteiger charge is -2.10. The molecule has 3 N–H and O–H groups in total. The Bertz CT molecular complexity index is 722. The maximum atomic E-state index is 12.3. The molecule has 0 amide bonds. The van der Waals surface area contributed by atoms with E-state index in [2.05, 4.69) is 9.82 Å². The van der Waals surface area contributed by atoms with Crippen LogP contribution >= 0.6 is 0 Å². The number of hydrogen-bond donors (Lipinski definition) is 2. The highest BCUT2D eigenvalue weighted by atomic mass is 32.2. The molecular weight excluding hydrogens is 288 g/mol. The smallest absolute Gasteiger partial charge is 0.240 e. The average Bonchev–Trinajstić information content (AvgIpc) is 2.90. The molecule has 1 heterocycles. The summed E-state index contributed by atoms with van der Waals surface area (Å²) in [4.78, 5) is 0.240. The number of benzene rings is 1. The molecule has 2 aromatic rings. The number of nitrogens with zero attached hydrogens (tertiary/aromatic N) is 2. The van der Waals surface area contributed by atoms with Gasteiger partial charge in [-0.05, 0) is 29.7 Å². The highest BCUT2D eigenvalue weighted by Crippen LogP contribution is 2.16. The van der Waals surface area contributed by atoms with Crippen molar-refractivity contribution in [2.24, 2.45) is 12.8 Å². The van der Waals surface area contributed by atoms with Crippen molar-refractivity contribution in [3.63, 3.8) is 0 Å². The molecule has 6 nitrogen and oxygen atoms in total. The van der Waals surface area contributed by atoms with E-state index in [4.69, 9.17) is 5.73 Å². The molecule has 1 aromatic carbocycles. The third-order valence-electron chi connectivity index (χ3n) is 3.31. The molecule has 0 aliphatic rings. The van der Waals surface area contributed by atoms with Gasteiger partial charge in [-0.3, -0.25) is 4.68 Å². The summed E-state index contributed by atoms with van der Waals surface area (Å²) in [5, 5.41) is 4.01. The van der Waals surface area contributed by atoms with Gasteiger partial charge in [-0.25, -0.2) is 13.1 Å². The molecule has 0 bridgehead atoms. The Morgan fingerprint density at radius 2 is 2.10 bits per heavy atom. The van der Waals surface area contributed by atoms with Crippen LogP contribution in [-0.4, -0.2) is 18.2 Å². The molecule has 0 aliphatic carbocycles. The van der Waals surface area contributed by atoms with E-state index in [-0.39, 0.29) is 11.4 Å². The number of hydrogen-bond acceptors (Lipinski definition) is 4. The van der Waals surface area contributed by atoms with E-state index in [1.165, 1.54) is 0 Å². The Kier molecular flexibility index (Phi) is 4.76. The summed E-state index contributed by atoms with van der Waals surface area (Å²) in [5.74, 6) is 0. The van der Waals surface area contributed by atoms with Gasteiger partial charge in [-0.2, -0.15) is 5.10 Å². The quantitative estimate of drug-likeness (QED) is 0.830. The fourth-order valence-corrected chi connectivity index (χ4v) is 3.20. The van der Waals surface area contributed by atoms with E-state index in [1.807, 2.05) is 13.0 Å². The molecule has 0 aliphatic heterocycles. The molecule has 1 aromatic heterocycles. The van der Waals surface area contributed by atoms with Crippen molar-refractivity contribution < 1.29 is 8.42 Å². The zero-order chi connectivity index (χ0) is 15.5. The highest BCUT2D eigenvalue weighted by Gasteiger charge is 2.15. The first-order chi connectivity index (χ1) is 9.96. The zero-order valence-corrected chi connectivity index (χ0v) is 13.0. The second-order valence-corrected chi connectivity index (χ2v) is 6.60. The normalized spacial score (nSPS) is 11.8. The molecule has 21 heavy (non-hydrogen) atoms. The molecule has 0 saturated heterocycles. The van der Waals surface area contributed by atoms with Crippen LogP contribution in [0.15, 0.2) is 35.5 Å². The molecule has 0 fully saturated rings. The topological polar surface area (TPSA) is 90.0 Å².